The van der Waals surface area contributed by atoms with Crippen LogP contribution in [0.4, 0.5) is 5.82 Å². The van der Waals surface area contributed by atoms with Crippen LogP contribution in [-0.4, -0.2) is 29.7 Å². The number of fused-ring (bicyclic) bond motifs is 1. The monoisotopic (exact) mass is 369 g/mol. The highest BCUT2D eigenvalue weighted by atomic mass is 79.9. The maximum Gasteiger partial charge on any atom is 0.179 e. The molecule has 0 saturated carbocycles. The number of anilines is 1. The van der Waals surface area contributed by atoms with Crippen LogP contribution in [0.25, 0.3) is 11.4 Å². The van der Waals surface area contributed by atoms with Crippen molar-refractivity contribution >= 4 is 33.3 Å². The van der Waals surface area contributed by atoms with Crippen molar-refractivity contribution in [3.8, 4) is 22.9 Å². The maximum atomic E-state index is 6.24. The van der Waals surface area contributed by atoms with E-state index in [2.05, 4.69) is 31.2 Å². The second-order valence-corrected chi connectivity index (χ2v) is 5.66. The third kappa shape index (κ3) is 2.91. The fourth-order valence-electron chi connectivity index (χ4n) is 2.04. The van der Waals surface area contributed by atoms with Gasteiger partial charge in [0.2, 0.25) is 0 Å². The molecular formula is C14H13BrClN3O2. The number of aromatic nitrogens is 2. The minimum absolute atomic E-state index is 0.499. The van der Waals surface area contributed by atoms with E-state index in [-0.39, 0.29) is 0 Å². The quantitative estimate of drug-likeness (QED) is 0.891. The van der Waals surface area contributed by atoms with Crippen molar-refractivity contribution in [2.45, 2.75) is 6.92 Å². The number of hydrogen-bond donors (Lipinski definition) is 1. The molecule has 0 atom stereocenters. The van der Waals surface area contributed by atoms with E-state index in [0.29, 0.717) is 35.6 Å². The van der Waals surface area contributed by atoms with Crippen LogP contribution in [0.1, 0.15) is 6.92 Å². The van der Waals surface area contributed by atoms with Gasteiger partial charge in [0, 0.05) is 18.3 Å². The van der Waals surface area contributed by atoms with Gasteiger partial charge in [0.25, 0.3) is 0 Å². The number of rotatable bonds is 3. The third-order valence-corrected chi connectivity index (χ3v) is 3.80. The molecule has 0 fully saturated rings. The van der Waals surface area contributed by atoms with Crippen molar-refractivity contribution in [1.29, 1.82) is 0 Å². The van der Waals surface area contributed by atoms with E-state index in [0.717, 1.165) is 22.4 Å². The SMILES string of the molecule is CCNc1nc(-c2cc(Cl)c3c(c2)OCCO3)ncc1Br. The molecule has 0 spiro atoms. The molecule has 5 nitrogen and oxygen atoms in total. The van der Waals surface area contributed by atoms with Crippen LogP contribution in [0, 0.1) is 0 Å². The number of nitrogens with zero attached hydrogens (tertiary/aromatic N) is 2. The number of ether oxygens (including phenoxy) is 2. The van der Waals surface area contributed by atoms with Crippen molar-refractivity contribution < 1.29 is 9.47 Å². The zero-order chi connectivity index (χ0) is 14.8. The minimum Gasteiger partial charge on any atom is -0.486 e. The first-order chi connectivity index (χ1) is 10.2. The minimum atomic E-state index is 0.499. The van der Waals surface area contributed by atoms with E-state index in [1.54, 1.807) is 12.3 Å². The Morgan fingerprint density at radius 3 is 2.95 bits per heavy atom. The molecule has 7 heteroatoms. The van der Waals surface area contributed by atoms with Gasteiger partial charge in [-0.2, -0.15) is 0 Å². The van der Waals surface area contributed by atoms with Gasteiger partial charge < -0.3 is 14.8 Å². The predicted octanol–water partition coefficient (Wildman–Crippen LogP) is 3.76. The van der Waals surface area contributed by atoms with Crippen LogP contribution in [-0.2, 0) is 0 Å². The van der Waals surface area contributed by atoms with Gasteiger partial charge in [0.1, 0.15) is 19.0 Å². The first kappa shape index (κ1) is 14.4. The van der Waals surface area contributed by atoms with E-state index in [9.17, 15) is 0 Å². The van der Waals surface area contributed by atoms with Gasteiger partial charge >= 0.3 is 0 Å². The largest absolute Gasteiger partial charge is 0.486 e. The van der Waals surface area contributed by atoms with Gasteiger partial charge in [-0.05, 0) is 35.0 Å². The molecule has 0 unspecified atom stereocenters. The summed E-state index contributed by atoms with van der Waals surface area (Å²) >= 11 is 9.66. The summed E-state index contributed by atoms with van der Waals surface area (Å²) in [6.45, 7) is 3.80. The molecule has 0 saturated heterocycles. The van der Waals surface area contributed by atoms with Gasteiger partial charge in [-0.3, -0.25) is 0 Å². The summed E-state index contributed by atoms with van der Waals surface area (Å²) in [5, 5.41) is 3.67. The molecule has 21 heavy (non-hydrogen) atoms. The topological polar surface area (TPSA) is 56.3 Å². The Balaban J connectivity index is 2.04. The summed E-state index contributed by atoms with van der Waals surface area (Å²) in [5.41, 5.74) is 0.788. The van der Waals surface area contributed by atoms with Gasteiger partial charge in [-0.25, -0.2) is 9.97 Å². The highest BCUT2D eigenvalue weighted by Gasteiger charge is 2.18. The number of benzene rings is 1. The van der Waals surface area contributed by atoms with Crippen LogP contribution < -0.4 is 14.8 Å². The van der Waals surface area contributed by atoms with Crippen molar-refractivity contribution in [2.75, 3.05) is 25.1 Å². The molecule has 0 bridgehead atoms. The molecule has 0 aliphatic carbocycles. The molecule has 2 aromatic rings. The Kier molecular flexibility index (Phi) is 4.17. The van der Waals surface area contributed by atoms with E-state index in [1.807, 2.05) is 13.0 Å². The number of halogens is 2. The van der Waals surface area contributed by atoms with Crippen LogP contribution in [0.2, 0.25) is 5.02 Å². The zero-order valence-corrected chi connectivity index (χ0v) is 13.7. The third-order valence-electron chi connectivity index (χ3n) is 2.94. The van der Waals surface area contributed by atoms with Gasteiger partial charge in [-0.15, -0.1) is 0 Å². The van der Waals surface area contributed by atoms with Crippen LogP contribution in [0.3, 0.4) is 0 Å². The maximum absolute atomic E-state index is 6.24. The number of nitrogens with one attached hydrogen (secondary N) is 1. The van der Waals surface area contributed by atoms with Gasteiger partial charge in [0.15, 0.2) is 17.3 Å². The van der Waals surface area contributed by atoms with Gasteiger partial charge in [-0.1, -0.05) is 11.6 Å². The first-order valence-corrected chi connectivity index (χ1v) is 7.72. The van der Waals surface area contributed by atoms with Crippen molar-refractivity contribution in [2.24, 2.45) is 0 Å². The Morgan fingerprint density at radius 2 is 2.14 bits per heavy atom. The van der Waals surface area contributed by atoms with Crippen molar-refractivity contribution in [3.05, 3.63) is 27.8 Å². The molecule has 1 N–H and O–H groups in total. The van der Waals surface area contributed by atoms with E-state index in [1.165, 1.54) is 0 Å². The smallest absolute Gasteiger partial charge is 0.179 e. The van der Waals surface area contributed by atoms with E-state index >= 15 is 0 Å². The van der Waals surface area contributed by atoms with Gasteiger partial charge in [0.05, 0.1) is 9.50 Å². The van der Waals surface area contributed by atoms with Crippen molar-refractivity contribution in [1.82, 2.24) is 9.97 Å². The molecule has 0 amide bonds. The predicted molar refractivity (Wildman–Crippen MR) is 85.3 cm³/mol. The highest BCUT2D eigenvalue weighted by Crippen LogP contribution is 2.40. The van der Waals surface area contributed by atoms with Crippen molar-refractivity contribution in [3.63, 3.8) is 0 Å². The lowest BCUT2D eigenvalue weighted by Gasteiger charge is -2.20. The summed E-state index contributed by atoms with van der Waals surface area (Å²) in [5.74, 6) is 2.53. The zero-order valence-electron chi connectivity index (χ0n) is 11.3. The molecule has 3 rings (SSSR count). The Morgan fingerprint density at radius 1 is 1.33 bits per heavy atom. The molecule has 1 aliphatic heterocycles. The van der Waals surface area contributed by atoms with Crippen LogP contribution in [0.15, 0.2) is 22.8 Å². The van der Waals surface area contributed by atoms with E-state index in [4.69, 9.17) is 21.1 Å². The average Bonchev–Trinajstić information content (AvgIpc) is 2.50. The highest BCUT2D eigenvalue weighted by molar-refractivity contribution is 9.10. The fraction of sp³-hybridized carbons (Fsp3) is 0.286. The average molecular weight is 371 g/mol. The lowest BCUT2D eigenvalue weighted by atomic mass is 10.1. The number of hydrogen-bond acceptors (Lipinski definition) is 5. The van der Waals surface area contributed by atoms with Crippen LogP contribution >= 0.6 is 27.5 Å². The summed E-state index contributed by atoms with van der Waals surface area (Å²) in [4.78, 5) is 8.83. The molecule has 1 aromatic carbocycles. The molecule has 110 valence electrons. The normalized spacial score (nSPS) is 13.1. The Labute approximate surface area is 135 Å². The lowest BCUT2D eigenvalue weighted by Crippen LogP contribution is -2.15. The Bertz CT molecular complexity index is 682. The molecule has 1 aromatic heterocycles. The Hall–Kier alpha value is -1.53. The standard InChI is InChI=1S/C14H13BrClN3O2/c1-2-17-14-9(15)7-18-13(19-14)8-5-10(16)12-11(6-8)20-3-4-21-12/h5-7H,2-4H2,1H3,(H,17,18,19). The second-order valence-electron chi connectivity index (χ2n) is 4.40. The molecule has 1 aliphatic rings. The molecule has 0 radical (unpaired) electrons. The lowest BCUT2D eigenvalue weighted by molar-refractivity contribution is 0.172. The summed E-state index contributed by atoms with van der Waals surface area (Å²) in [6, 6.07) is 3.63. The summed E-state index contributed by atoms with van der Waals surface area (Å²) in [7, 11) is 0. The summed E-state index contributed by atoms with van der Waals surface area (Å²) in [6.07, 6.45) is 1.71. The van der Waals surface area contributed by atoms with Crippen LogP contribution in [0.5, 0.6) is 11.5 Å². The first-order valence-electron chi connectivity index (χ1n) is 6.55. The molecular weight excluding hydrogens is 358 g/mol. The molecule has 2 heterocycles. The second kappa shape index (κ2) is 6.07. The fourth-order valence-corrected chi connectivity index (χ4v) is 2.63. The summed E-state index contributed by atoms with van der Waals surface area (Å²) < 4.78 is 11.9. The van der Waals surface area contributed by atoms with E-state index < -0.39 is 0 Å².